The normalized spacial score (nSPS) is 8.75. The molecule has 0 spiro atoms. The molecule has 0 N–H and O–H groups in total. The molecule has 0 aliphatic heterocycles. The molecule has 0 heterocycles. The summed E-state index contributed by atoms with van der Waals surface area (Å²) in [7, 11) is 14.8. The van der Waals surface area contributed by atoms with Crippen molar-refractivity contribution in [3.8, 4) is 0 Å². The molecule has 3 rings (SSSR count). The Hall–Kier alpha value is -0.358. The highest BCUT2D eigenvalue weighted by atomic mass is 35.8. The van der Waals surface area contributed by atoms with Crippen LogP contribution in [0.4, 0.5) is 0 Å². The van der Waals surface area contributed by atoms with E-state index in [2.05, 4.69) is 60.7 Å². The molecular formula is C22H24AlCl5. The lowest BCUT2D eigenvalue weighted by Gasteiger charge is -2.01. The minimum atomic E-state index is -1.72. The van der Waals surface area contributed by atoms with Crippen LogP contribution in [0, 0.1) is 0 Å². The fraction of sp³-hybridized carbons (Fsp3) is 0.182. The maximum absolute atomic E-state index is 5.05. The van der Waals surface area contributed by atoms with Crippen molar-refractivity contribution in [2.24, 2.45) is 0 Å². The first kappa shape index (κ1) is 27.6. The van der Waals surface area contributed by atoms with Crippen LogP contribution < -0.4 is 0 Å². The molecule has 28 heavy (non-hydrogen) atoms. The molecule has 150 valence electrons. The van der Waals surface area contributed by atoms with Gasteiger partial charge in [0.2, 0.25) is 0 Å². The Labute approximate surface area is 196 Å². The van der Waals surface area contributed by atoms with E-state index in [4.69, 9.17) is 53.3 Å². The van der Waals surface area contributed by atoms with Gasteiger partial charge in [-0.15, -0.1) is 23.2 Å². The quantitative estimate of drug-likeness (QED) is 0.254. The van der Waals surface area contributed by atoms with E-state index in [1.54, 1.807) is 0 Å². The average Bonchev–Trinajstić information content (AvgIpc) is 2.75. The molecule has 3 aromatic rings. The van der Waals surface area contributed by atoms with Crippen molar-refractivity contribution >= 4 is 64.7 Å². The lowest BCUT2D eigenvalue weighted by molar-refractivity contribution is 0.960. The molecule has 0 bridgehead atoms. The standard InChI is InChI=1S/C14H14.C6H6.C2H4Cl2.Al.3ClH/c1-3-7-13(8-4-1)11-12-14-9-5-2-6-10-14;1-2-4-6-5-3-1;3-1-2-4;;;;/h1-10H,11-12H2;1-6H;1-2H2;;3*1H/q;;;+3;;;/p-3. The summed E-state index contributed by atoms with van der Waals surface area (Å²) in [5.74, 6) is 1.11. The van der Waals surface area contributed by atoms with Crippen molar-refractivity contribution in [2.75, 3.05) is 11.8 Å². The number of rotatable bonds is 4. The molecule has 0 atom stereocenters. The molecular weight excluding hydrogens is 468 g/mol. The van der Waals surface area contributed by atoms with Crippen LogP contribution in [-0.4, -0.2) is 23.1 Å². The van der Waals surface area contributed by atoms with Crippen molar-refractivity contribution in [1.82, 2.24) is 0 Å². The highest BCUT2D eigenvalue weighted by molar-refractivity contribution is 7.54. The molecule has 0 saturated heterocycles. The molecule has 0 fully saturated rings. The van der Waals surface area contributed by atoms with Crippen LogP contribution in [0.1, 0.15) is 11.1 Å². The summed E-state index contributed by atoms with van der Waals surface area (Å²) in [6, 6.07) is 33.2. The van der Waals surface area contributed by atoms with E-state index in [0.29, 0.717) is 11.8 Å². The van der Waals surface area contributed by atoms with E-state index >= 15 is 0 Å². The monoisotopic (exact) mass is 490 g/mol. The molecule has 6 heteroatoms. The average molecular weight is 493 g/mol. The third-order valence-corrected chi connectivity index (χ3v) is 3.70. The Bertz CT molecular complexity index is 581. The van der Waals surface area contributed by atoms with Gasteiger partial charge in [-0.2, -0.15) is 0 Å². The molecule has 0 saturated carbocycles. The first-order valence-electron chi connectivity index (χ1n) is 8.72. The highest BCUT2D eigenvalue weighted by Crippen LogP contribution is 2.06. The van der Waals surface area contributed by atoms with Gasteiger partial charge in [0, 0.05) is 11.8 Å². The minimum Gasteiger partial charge on any atom is -0.214 e. The van der Waals surface area contributed by atoms with Crippen LogP contribution in [0.2, 0.25) is 0 Å². The van der Waals surface area contributed by atoms with Crippen LogP contribution in [0.15, 0.2) is 97.1 Å². The molecule has 3 aromatic carbocycles. The van der Waals surface area contributed by atoms with E-state index in [9.17, 15) is 0 Å². The van der Waals surface area contributed by atoms with Crippen molar-refractivity contribution in [2.45, 2.75) is 12.8 Å². The number of hydrogen-bond acceptors (Lipinski definition) is 0. The third kappa shape index (κ3) is 20.4. The highest BCUT2D eigenvalue weighted by Gasteiger charge is 2.00. The maximum atomic E-state index is 5.05. The summed E-state index contributed by atoms with van der Waals surface area (Å²) < 4.78 is 0. The van der Waals surface area contributed by atoms with Gasteiger partial charge in [-0.3, -0.25) is 0 Å². The van der Waals surface area contributed by atoms with Crippen LogP contribution in [0.3, 0.4) is 0 Å². The lowest BCUT2D eigenvalue weighted by Crippen LogP contribution is -1.89. The van der Waals surface area contributed by atoms with Crippen molar-refractivity contribution in [1.29, 1.82) is 0 Å². The largest absolute Gasteiger partial charge is 0.643 e. The molecule has 0 aliphatic carbocycles. The fourth-order valence-corrected chi connectivity index (χ4v) is 1.96. The molecule has 0 nitrogen and oxygen atoms in total. The van der Waals surface area contributed by atoms with Crippen LogP contribution in [-0.2, 0) is 12.8 Å². The summed E-state index contributed by atoms with van der Waals surface area (Å²) in [4.78, 5) is 0. The Morgan fingerprint density at radius 3 is 0.893 bits per heavy atom. The number of hydrogen-bond donors (Lipinski definition) is 0. The summed E-state index contributed by atoms with van der Waals surface area (Å²) in [6.45, 7) is 0. The van der Waals surface area contributed by atoms with Crippen molar-refractivity contribution < 1.29 is 0 Å². The zero-order valence-electron chi connectivity index (χ0n) is 15.5. The summed E-state index contributed by atoms with van der Waals surface area (Å²) in [5, 5.41) is 0. The predicted molar refractivity (Wildman–Crippen MR) is 131 cm³/mol. The second-order valence-corrected chi connectivity index (χ2v) is 12.4. The minimum absolute atomic E-state index is 0.557. The number of alkyl halides is 2. The van der Waals surface area contributed by atoms with Crippen molar-refractivity contribution in [3.05, 3.63) is 108 Å². The summed E-state index contributed by atoms with van der Waals surface area (Å²) >= 11 is 8.39. The van der Waals surface area contributed by atoms with Gasteiger partial charge in [-0.1, -0.05) is 97.1 Å². The fourth-order valence-electron chi connectivity index (χ4n) is 1.96. The van der Waals surface area contributed by atoms with Gasteiger partial charge in [0.1, 0.15) is 0 Å². The summed E-state index contributed by atoms with van der Waals surface area (Å²) in [5.41, 5.74) is 2.83. The SMILES string of the molecule is ClCCCl.[Cl][Al]([Cl])[Cl].c1ccc(CCc2ccccc2)cc1.c1ccccc1. The smallest absolute Gasteiger partial charge is 0.214 e. The lowest BCUT2D eigenvalue weighted by atomic mass is 10.0. The van der Waals surface area contributed by atoms with Crippen LogP contribution >= 0.6 is 53.3 Å². The second-order valence-electron chi connectivity index (χ2n) is 5.25. The number of benzene rings is 3. The maximum Gasteiger partial charge on any atom is 0.643 e. The Kier molecular flexibility index (Phi) is 21.1. The predicted octanol–water partition coefficient (Wildman–Crippen LogP) is 8.31. The van der Waals surface area contributed by atoms with E-state index < -0.39 is 11.4 Å². The molecule has 0 aromatic heterocycles. The second kappa shape index (κ2) is 21.4. The van der Waals surface area contributed by atoms with E-state index in [0.717, 1.165) is 12.8 Å². The van der Waals surface area contributed by atoms with E-state index in [-0.39, 0.29) is 0 Å². The third-order valence-electron chi connectivity index (χ3n) is 3.13. The van der Waals surface area contributed by atoms with Crippen LogP contribution in [0.25, 0.3) is 0 Å². The topological polar surface area (TPSA) is 0 Å². The molecule has 0 aliphatic rings. The molecule has 0 amide bonds. The summed E-state index contributed by atoms with van der Waals surface area (Å²) in [6.07, 6.45) is 2.26. The van der Waals surface area contributed by atoms with Gasteiger partial charge in [0.05, 0.1) is 0 Å². The Balaban J connectivity index is 0.000000430. The van der Waals surface area contributed by atoms with Gasteiger partial charge in [0.15, 0.2) is 0 Å². The molecule has 0 radical (unpaired) electrons. The molecule has 0 unspecified atom stereocenters. The first-order chi connectivity index (χ1) is 13.6. The Morgan fingerprint density at radius 2 is 0.679 bits per heavy atom. The van der Waals surface area contributed by atoms with Gasteiger partial charge in [-0.25, -0.2) is 30.1 Å². The van der Waals surface area contributed by atoms with Gasteiger partial charge in [0.25, 0.3) is 0 Å². The zero-order chi connectivity index (χ0) is 20.9. The number of halogens is 5. The zero-order valence-corrected chi connectivity index (χ0v) is 20.5. The first-order valence-corrected chi connectivity index (χ1v) is 15.0. The number of aryl methyl sites for hydroxylation is 2. The van der Waals surface area contributed by atoms with Gasteiger partial charge < -0.3 is 0 Å². The van der Waals surface area contributed by atoms with Gasteiger partial charge >= 0.3 is 11.4 Å². The van der Waals surface area contributed by atoms with Crippen LogP contribution in [0.5, 0.6) is 0 Å². The van der Waals surface area contributed by atoms with E-state index in [1.165, 1.54) is 11.1 Å². The van der Waals surface area contributed by atoms with Crippen molar-refractivity contribution in [3.63, 3.8) is 0 Å². The van der Waals surface area contributed by atoms with E-state index in [1.807, 2.05) is 36.4 Å². The van der Waals surface area contributed by atoms with Gasteiger partial charge in [-0.05, 0) is 24.0 Å². The Morgan fingerprint density at radius 1 is 0.464 bits per heavy atom.